The number of nitro groups is 1. The third-order valence-electron chi connectivity index (χ3n) is 2.93. The van der Waals surface area contributed by atoms with Gasteiger partial charge in [0.05, 0.1) is 10.5 Å². The van der Waals surface area contributed by atoms with E-state index in [0.29, 0.717) is 5.56 Å². The van der Waals surface area contributed by atoms with E-state index in [-0.39, 0.29) is 36.6 Å². The molecule has 1 aliphatic rings. The molecule has 1 amide bonds. The molecule has 0 bridgehead atoms. The van der Waals surface area contributed by atoms with Crippen molar-refractivity contribution in [2.75, 3.05) is 6.54 Å². The van der Waals surface area contributed by atoms with Crippen LogP contribution in [-0.2, 0) is 20.9 Å². The number of nitrogens with zero attached hydrogens (tertiary/aromatic N) is 1. The summed E-state index contributed by atoms with van der Waals surface area (Å²) in [6.07, 6.45) is 0.191. The van der Waals surface area contributed by atoms with Gasteiger partial charge in [0.15, 0.2) is 5.76 Å². The molecule has 1 aromatic carbocycles. The molecule has 2 N–H and O–H groups in total. The number of carboxylic acids is 1. The minimum atomic E-state index is -1.19. The van der Waals surface area contributed by atoms with Crippen LogP contribution in [0.15, 0.2) is 35.6 Å². The fourth-order valence-corrected chi connectivity index (χ4v) is 1.86. The van der Waals surface area contributed by atoms with E-state index in [1.165, 1.54) is 24.3 Å². The first kappa shape index (κ1) is 14.5. The van der Waals surface area contributed by atoms with Crippen LogP contribution in [-0.4, -0.2) is 28.5 Å². The molecule has 0 saturated heterocycles. The van der Waals surface area contributed by atoms with Crippen molar-refractivity contribution in [3.8, 4) is 0 Å². The largest absolute Gasteiger partial charge is 0.483 e. The number of hydrogen-bond donors (Lipinski definition) is 2. The summed E-state index contributed by atoms with van der Waals surface area (Å²) in [6, 6.07) is 5.60. The molecule has 2 rings (SSSR count). The zero-order valence-electron chi connectivity index (χ0n) is 10.9. The Kier molecular flexibility index (Phi) is 4.17. The van der Waals surface area contributed by atoms with Gasteiger partial charge in [-0.1, -0.05) is 0 Å². The Morgan fingerprint density at radius 2 is 2.05 bits per heavy atom. The van der Waals surface area contributed by atoms with Crippen molar-refractivity contribution in [1.29, 1.82) is 0 Å². The molecule has 8 nitrogen and oxygen atoms in total. The van der Waals surface area contributed by atoms with Crippen molar-refractivity contribution < 1.29 is 24.4 Å². The fourth-order valence-electron chi connectivity index (χ4n) is 1.86. The topological polar surface area (TPSA) is 119 Å². The average Bonchev–Trinajstić information content (AvgIpc) is 2.46. The van der Waals surface area contributed by atoms with Crippen LogP contribution in [0.5, 0.6) is 0 Å². The molecule has 8 heteroatoms. The Balaban J connectivity index is 2.11. The Labute approximate surface area is 119 Å². The van der Waals surface area contributed by atoms with Crippen LogP contribution in [0.1, 0.15) is 12.0 Å². The fraction of sp³-hybridized carbons (Fsp3) is 0.231. The number of hydrogen-bond acceptors (Lipinski definition) is 5. The zero-order valence-corrected chi connectivity index (χ0v) is 10.9. The van der Waals surface area contributed by atoms with Gasteiger partial charge in [0, 0.05) is 25.1 Å². The Morgan fingerprint density at radius 3 is 2.62 bits per heavy atom. The van der Waals surface area contributed by atoms with E-state index in [4.69, 9.17) is 9.84 Å². The molecule has 0 aliphatic carbocycles. The van der Waals surface area contributed by atoms with Crippen LogP contribution < -0.4 is 5.32 Å². The van der Waals surface area contributed by atoms with Gasteiger partial charge in [0.25, 0.3) is 11.6 Å². The van der Waals surface area contributed by atoms with Gasteiger partial charge in [-0.05, 0) is 17.7 Å². The predicted octanol–water partition coefficient (Wildman–Crippen LogP) is 0.970. The molecule has 21 heavy (non-hydrogen) atoms. The molecule has 0 aromatic heterocycles. The van der Waals surface area contributed by atoms with Crippen LogP contribution in [0.25, 0.3) is 0 Å². The quantitative estimate of drug-likeness (QED) is 0.616. The second-order valence-corrected chi connectivity index (χ2v) is 4.33. The predicted molar refractivity (Wildman–Crippen MR) is 70.2 cm³/mol. The number of non-ortho nitro benzene ring substituents is 1. The maximum Gasteiger partial charge on any atom is 0.335 e. The molecule has 1 heterocycles. The van der Waals surface area contributed by atoms with Crippen molar-refractivity contribution in [3.05, 3.63) is 51.3 Å². The van der Waals surface area contributed by atoms with Crippen LogP contribution in [0, 0.1) is 10.1 Å². The molecular weight excluding hydrogens is 280 g/mol. The van der Waals surface area contributed by atoms with Gasteiger partial charge in [0.1, 0.15) is 6.61 Å². The van der Waals surface area contributed by atoms with Crippen molar-refractivity contribution in [2.45, 2.75) is 13.0 Å². The average molecular weight is 292 g/mol. The highest BCUT2D eigenvalue weighted by Crippen LogP contribution is 2.18. The molecule has 0 fully saturated rings. The van der Waals surface area contributed by atoms with Crippen molar-refractivity contribution >= 4 is 17.6 Å². The summed E-state index contributed by atoms with van der Waals surface area (Å²) in [4.78, 5) is 32.7. The van der Waals surface area contributed by atoms with Crippen molar-refractivity contribution in [2.24, 2.45) is 0 Å². The summed E-state index contributed by atoms with van der Waals surface area (Å²) < 4.78 is 5.27. The van der Waals surface area contributed by atoms with E-state index < -0.39 is 16.8 Å². The highest BCUT2D eigenvalue weighted by atomic mass is 16.6. The van der Waals surface area contributed by atoms with E-state index >= 15 is 0 Å². The van der Waals surface area contributed by atoms with Crippen LogP contribution >= 0.6 is 0 Å². The first-order valence-electron chi connectivity index (χ1n) is 6.10. The highest BCUT2D eigenvalue weighted by Gasteiger charge is 2.26. The lowest BCUT2D eigenvalue weighted by atomic mass is 10.1. The maximum atomic E-state index is 11.6. The monoisotopic (exact) mass is 292 g/mol. The van der Waals surface area contributed by atoms with Gasteiger partial charge >= 0.3 is 5.97 Å². The molecule has 1 aromatic rings. The number of carbonyl (C=O) groups is 2. The number of ether oxygens (including phenoxy) is 1. The second kappa shape index (κ2) is 6.04. The lowest BCUT2D eigenvalue weighted by Gasteiger charge is -2.18. The number of amides is 1. The summed E-state index contributed by atoms with van der Waals surface area (Å²) in [6.45, 7) is 0.211. The van der Waals surface area contributed by atoms with Crippen LogP contribution in [0.3, 0.4) is 0 Å². The molecule has 0 spiro atoms. The number of benzene rings is 1. The molecule has 1 aliphatic heterocycles. The minimum Gasteiger partial charge on any atom is -0.483 e. The summed E-state index contributed by atoms with van der Waals surface area (Å²) in [5, 5.41) is 22.1. The number of carbonyl (C=O) groups excluding carboxylic acids is 1. The molecule has 0 radical (unpaired) electrons. The zero-order chi connectivity index (χ0) is 15.4. The van der Waals surface area contributed by atoms with E-state index in [1.54, 1.807) is 0 Å². The van der Waals surface area contributed by atoms with E-state index in [0.717, 1.165) is 0 Å². The Bertz CT molecular complexity index is 620. The lowest BCUT2D eigenvalue weighted by Crippen LogP contribution is -2.34. The molecule has 110 valence electrons. The SMILES string of the molecule is O=C(O)C1=C(OCc2ccc([N+](=O)[O-])cc2)C(=O)NCC1. The first-order chi connectivity index (χ1) is 9.99. The summed E-state index contributed by atoms with van der Waals surface area (Å²) in [7, 11) is 0. The molecule has 0 saturated carbocycles. The Hall–Kier alpha value is -2.90. The third-order valence-corrected chi connectivity index (χ3v) is 2.93. The van der Waals surface area contributed by atoms with Gasteiger partial charge in [0.2, 0.25) is 0 Å². The second-order valence-electron chi connectivity index (χ2n) is 4.33. The normalized spacial score (nSPS) is 14.6. The summed E-state index contributed by atoms with van der Waals surface area (Å²) in [5.41, 5.74) is 0.469. The first-order valence-corrected chi connectivity index (χ1v) is 6.10. The minimum absolute atomic E-state index is 0.0441. The lowest BCUT2D eigenvalue weighted by molar-refractivity contribution is -0.384. The third kappa shape index (κ3) is 3.35. The van der Waals surface area contributed by atoms with Crippen molar-refractivity contribution in [3.63, 3.8) is 0 Å². The molecule has 0 unspecified atom stereocenters. The number of carboxylic acid groups (broad SMARTS) is 1. The van der Waals surface area contributed by atoms with Crippen molar-refractivity contribution in [1.82, 2.24) is 5.32 Å². The molecule has 0 atom stereocenters. The Morgan fingerprint density at radius 1 is 1.38 bits per heavy atom. The standard InChI is InChI=1S/C13H12N2O6/c16-12-11(10(13(17)18)5-6-14-12)21-7-8-1-3-9(4-2-8)15(19)20/h1-4H,5-7H2,(H,14,16)(H,17,18). The number of nitro benzene ring substituents is 1. The number of rotatable bonds is 5. The van der Waals surface area contributed by atoms with Gasteiger partial charge in [-0.2, -0.15) is 0 Å². The van der Waals surface area contributed by atoms with Gasteiger partial charge in [-0.15, -0.1) is 0 Å². The highest BCUT2D eigenvalue weighted by molar-refractivity contribution is 6.01. The van der Waals surface area contributed by atoms with E-state index in [2.05, 4.69) is 5.32 Å². The summed E-state index contributed by atoms with van der Waals surface area (Å²) >= 11 is 0. The van der Waals surface area contributed by atoms with Gasteiger partial charge in [-0.25, -0.2) is 4.79 Å². The summed E-state index contributed by atoms with van der Waals surface area (Å²) in [5.74, 6) is -1.98. The smallest absolute Gasteiger partial charge is 0.335 e. The van der Waals surface area contributed by atoms with Gasteiger partial charge < -0.3 is 15.2 Å². The number of nitrogens with one attached hydrogen (secondary N) is 1. The van der Waals surface area contributed by atoms with Gasteiger partial charge in [-0.3, -0.25) is 14.9 Å². The van der Waals surface area contributed by atoms with Crippen LogP contribution in [0.4, 0.5) is 5.69 Å². The van der Waals surface area contributed by atoms with E-state index in [1.807, 2.05) is 0 Å². The number of aliphatic carboxylic acids is 1. The van der Waals surface area contributed by atoms with E-state index in [9.17, 15) is 19.7 Å². The molecular formula is C13H12N2O6. The van der Waals surface area contributed by atoms with Crippen LogP contribution in [0.2, 0.25) is 0 Å². The maximum absolute atomic E-state index is 11.6.